The van der Waals surface area contributed by atoms with Crippen LogP contribution in [-0.2, 0) is 11.2 Å². The SMILES string of the molecule is O=C1S/C(=C/c2ccccc2CCNc2nc3ccccc3s2)C2CCC[C@@H]1C2. The van der Waals surface area contributed by atoms with E-state index >= 15 is 0 Å². The minimum atomic E-state index is 0.296. The smallest absolute Gasteiger partial charge is 0.196 e. The van der Waals surface area contributed by atoms with Gasteiger partial charge in [0, 0.05) is 12.5 Å². The first-order chi connectivity index (χ1) is 14.3. The lowest BCUT2D eigenvalue weighted by molar-refractivity contribution is -0.115. The van der Waals surface area contributed by atoms with Crippen molar-refractivity contribution < 1.29 is 4.79 Å². The molecule has 5 rings (SSSR count). The Morgan fingerprint density at radius 1 is 1.07 bits per heavy atom. The van der Waals surface area contributed by atoms with Gasteiger partial charge >= 0.3 is 0 Å². The minimum Gasteiger partial charge on any atom is -0.361 e. The Kier molecular flexibility index (Phi) is 5.42. The molecule has 2 bridgehead atoms. The van der Waals surface area contributed by atoms with Crippen molar-refractivity contribution in [1.29, 1.82) is 0 Å². The lowest BCUT2D eigenvalue weighted by Crippen LogP contribution is -2.27. The van der Waals surface area contributed by atoms with E-state index < -0.39 is 0 Å². The number of nitrogens with one attached hydrogen (secondary N) is 1. The molecule has 1 unspecified atom stereocenters. The third kappa shape index (κ3) is 4.12. The third-order valence-corrected chi connectivity index (χ3v) is 8.16. The molecule has 148 valence electrons. The van der Waals surface area contributed by atoms with Crippen molar-refractivity contribution >= 4 is 49.6 Å². The molecule has 2 fully saturated rings. The average molecular weight is 421 g/mol. The average Bonchev–Trinajstić information content (AvgIpc) is 3.16. The molecular formula is C24H24N2OS2. The number of nitrogens with zero attached hydrogens (tertiary/aromatic N) is 1. The predicted molar refractivity (Wildman–Crippen MR) is 124 cm³/mol. The topological polar surface area (TPSA) is 42.0 Å². The van der Waals surface area contributed by atoms with Gasteiger partial charge in [0.2, 0.25) is 0 Å². The van der Waals surface area contributed by atoms with Gasteiger partial charge in [-0.2, -0.15) is 0 Å². The van der Waals surface area contributed by atoms with Crippen LogP contribution in [0, 0.1) is 11.8 Å². The van der Waals surface area contributed by atoms with Crippen LogP contribution >= 0.6 is 23.1 Å². The zero-order valence-corrected chi connectivity index (χ0v) is 17.9. The van der Waals surface area contributed by atoms with E-state index in [2.05, 4.69) is 58.8 Å². The van der Waals surface area contributed by atoms with Crippen LogP contribution in [-0.4, -0.2) is 16.6 Å². The van der Waals surface area contributed by atoms with Crippen LogP contribution < -0.4 is 5.32 Å². The maximum Gasteiger partial charge on any atom is 0.196 e. The third-order valence-electron chi connectivity index (χ3n) is 5.95. The first-order valence-electron chi connectivity index (χ1n) is 10.4. The largest absolute Gasteiger partial charge is 0.361 e. The maximum atomic E-state index is 12.4. The Labute approximate surface area is 179 Å². The van der Waals surface area contributed by atoms with E-state index in [9.17, 15) is 4.79 Å². The summed E-state index contributed by atoms with van der Waals surface area (Å²) in [5, 5.41) is 4.84. The van der Waals surface area contributed by atoms with Crippen LogP contribution in [0.15, 0.2) is 53.4 Å². The molecule has 2 heterocycles. The Morgan fingerprint density at radius 2 is 1.90 bits per heavy atom. The van der Waals surface area contributed by atoms with Crippen molar-refractivity contribution in [2.24, 2.45) is 11.8 Å². The lowest BCUT2D eigenvalue weighted by Gasteiger charge is -2.34. The highest BCUT2D eigenvalue weighted by atomic mass is 32.2. The van der Waals surface area contributed by atoms with Crippen molar-refractivity contribution in [1.82, 2.24) is 4.98 Å². The molecule has 1 saturated carbocycles. The summed E-state index contributed by atoms with van der Waals surface area (Å²) >= 11 is 3.20. The summed E-state index contributed by atoms with van der Waals surface area (Å²) in [6.45, 7) is 0.845. The van der Waals surface area contributed by atoms with Crippen LogP contribution in [0.1, 0.15) is 36.8 Å². The number of aromatic nitrogens is 1. The molecular weight excluding hydrogens is 396 g/mol. The van der Waals surface area contributed by atoms with Gasteiger partial charge in [0.1, 0.15) is 0 Å². The van der Waals surface area contributed by atoms with E-state index in [4.69, 9.17) is 0 Å². The summed E-state index contributed by atoms with van der Waals surface area (Å²) in [4.78, 5) is 18.3. The van der Waals surface area contributed by atoms with E-state index in [0.717, 1.165) is 36.5 Å². The molecule has 1 aromatic heterocycles. The number of carbonyl (C=O) groups excluding carboxylic acids is 1. The van der Waals surface area contributed by atoms with Crippen molar-refractivity contribution in [2.45, 2.75) is 32.1 Å². The second-order valence-electron chi connectivity index (χ2n) is 7.89. The summed E-state index contributed by atoms with van der Waals surface area (Å²) in [7, 11) is 0. The standard InChI is InChI=1S/C24H24N2OS2/c27-23-19-9-5-8-18(14-19)22(28-23)15-17-7-2-1-6-16(17)12-13-25-24-26-20-10-3-4-11-21(20)29-24/h1-4,6-7,10-11,15,18-19H,5,8-9,12-14H2,(H,25,26)/b22-15+/t18?,19-/m1/s1. The molecule has 2 atom stereocenters. The molecule has 1 aliphatic carbocycles. The molecule has 2 aliphatic rings. The molecule has 1 N–H and O–H groups in total. The Bertz CT molecular complexity index is 1040. The van der Waals surface area contributed by atoms with Crippen molar-refractivity contribution in [2.75, 3.05) is 11.9 Å². The van der Waals surface area contributed by atoms with E-state index in [-0.39, 0.29) is 0 Å². The van der Waals surface area contributed by atoms with Gasteiger partial charge in [0.25, 0.3) is 0 Å². The van der Waals surface area contributed by atoms with Gasteiger partial charge in [-0.25, -0.2) is 4.98 Å². The van der Waals surface area contributed by atoms with E-state index in [1.54, 1.807) is 11.3 Å². The second kappa shape index (κ2) is 8.33. The molecule has 0 radical (unpaired) electrons. The number of para-hydroxylation sites is 1. The summed E-state index contributed by atoms with van der Waals surface area (Å²) in [6.07, 6.45) is 7.77. The molecule has 0 spiro atoms. The first-order valence-corrected chi connectivity index (χ1v) is 12.0. The van der Waals surface area contributed by atoms with Crippen molar-refractivity contribution in [3.63, 3.8) is 0 Å². The van der Waals surface area contributed by atoms with Crippen molar-refractivity contribution in [3.05, 3.63) is 64.6 Å². The fraction of sp³-hybridized carbons (Fsp3) is 0.333. The van der Waals surface area contributed by atoms with Crippen molar-refractivity contribution in [3.8, 4) is 0 Å². The molecule has 5 heteroatoms. The van der Waals surface area contributed by atoms with Crippen LogP contribution in [0.25, 0.3) is 16.3 Å². The first kappa shape index (κ1) is 18.9. The number of thioether (sulfide) groups is 1. The van der Waals surface area contributed by atoms with E-state index in [1.807, 2.05) is 6.07 Å². The number of carbonyl (C=O) groups is 1. The summed E-state index contributed by atoms with van der Waals surface area (Å²) < 4.78 is 1.21. The molecule has 1 saturated heterocycles. The number of hydrogen-bond acceptors (Lipinski definition) is 5. The van der Waals surface area contributed by atoms with Gasteiger partial charge in [-0.3, -0.25) is 4.79 Å². The summed E-state index contributed by atoms with van der Waals surface area (Å²) in [6, 6.07) is 16.8. The number of rotatable bonds is 5. The Morgan fingerprint density at radius 3 is 2.83 bits per heavy atom. The fourth-order valence-electron chi connectivity index (χ4n) is 4.40. The van der Waals surface area contributed by atoms with Crippen LogP contribution in [0.5, 0.6) is 0 Å². The Hall–Kier alpha value is -2.11. The van der Waals surface area contributed by atoms with Gasteiger partial charge in [-0.1, -0.05) is 65.9 Å². The maximum absolute atomic E-state index is 12.4. The summed E-state index contributed by atoms with van der Waals surface area (Å²) in [5.41, 5.74) is 3.62. The van der Waals surface area contributed by atoms with Gasteiger partial charge in [0.15, 0.2) is 10.2 Å². The molecule has 0 amide bonds. The summed E-state index contributed by atoms with van der Waals surface area (Å²) in [5.74, 6) is 0.870. The number of benzene rings is 2. The highest BCUT2D eigenvalue weighted by molar-refractivity contribution is 8.17. The van der Waals surface area contributed by atoms with Gasteiger partial charge < -0.3 is 5.32 Å². The van der Waals surface area contributed by atoms with Gasteiger partial charge in [0.05, 0.1) is 10.2 Å². The normalized spacial score (nSPS) is 22.9. The monoisotopic (exact) mass is 420 g/mol. The second-order valence-corrected chi connectivity index (χ2v) is 10.00. The molecule has 1 aliphatic heterocycles. The number of anilines is 1. The van der Waals surface area contributed by atoms with E-state index in [1.165, 1.54) is 45.3 Å². The number of hydrogen-bond donors (Lipinski definition) is 1. The minimum absolute atomic E-state index is 0.296. The van der Waals surface area contributed by atoms with Crippen LogP contribution in [0.3, 0.4) is 0 Å². The molecule has 3 nitrogen and oxygen atoms in total. The molecule has 3 aromatic rings. The number of fused-ring (bicyclic) bond motifs is 3. The quantitative estimate of drug-likeness (QED) is 0.521. The zero-order valence-electron chi connectivity index (χ0n) is 16.3. The highest BCUT2D eigenvalue weighted by Crippen LogP contribution is 2.47. The lowest BCUT2D eigenvalue weighted by atomic mass is 9.81. The number of thiazole rings is 1. The van der Waals surface area contributed by atoms with Crippen LogP contribution in [0.4, 0.5) is 5.13 Å². The fourth-order valence-corrected chi connectivity index (χ4v) is 6.47. The highest BCUT2D eigenvalue weighted by Gasteiger charge is 2.35. The zero-order chi connectivity index (χ0) is 19.6. The molecule has 29 heavy (non-hydrogen) atoms. The van der Waals surface area contributed by atoms with Crippen LogP contribution in [0.2, 0.25) is 0 Å². The van der Waals surface area contributed by atoms with Gasteiger partial charge in [-0.15, -0.1) is 0 Å². The van der Waals surface area contributed by atoms with E-state index in [0.29, 0.717) is 17.0 Å². The Balaban J connectivity index is 1.29. The molecule has 2 aromatic carbocycles. The van der Waals surface area contributed by atoms with Gasteiger partial charge in [-0.05, 0) is 65.8 Å². The number of allylic oxidation sites excluding steroid dienone is 1. The predicted octanol–water partition coefficient (Wildman–Crippen LogP) is 6.37.